The third-order valence-corrected chi connectivity index (χ3v) is 12.2. The molecule has 0 unspecified atom stereocenters. The Morgan fingerprint density at radius 3 is 1.35 bits per heavy atom. The Kier molecular flexibility index (Phi) is 8.14. The number of hydrogen-bond donors (Lipinski definition) is 1. The number of allylic oxidation sites excluding steroid dienone is 2. The highest BCUT2D eigenvalue weighted by atomic mass is 35.5. The second kappa shape index (κ2) is 11.9. The van der Waals surface area contributed by atoms with Crippen molar-refractivity contribution >= 4 is 34.7 Å². The lowest BCUT2D eigenvalue weighted by molar-refractivity contribution is 0.0674. The molecule has 230 valence electrons. The summed E-state index contributed by atoms with van der Waals surface area (Å²) >= 11 is 12.1. The molecule has 8 aliphatic rings. The van der Waals surface area contributed by atoms with Crippen molar-refractivity contribution in [1.82, 2.24) is 0 Å². The van der Waals surface area contributed by atoms with Gasteiger partial charge in [0.1, 0.15) is 23.0 Å². The van der Waals surface area contributed by atoms with Gasteiger partial charge in [0, 0.05) is 11.1 Å². The van der Waals surface area contributed by atoms with Crippen LogP contribution in [0.25, 0.3) is 11.5 Å². The number of phenolic OH excluding ortho intramolecular Hbond substituents is 1. The van der Waals surface area contributed by atoms with Gasteiger partial charge in [-0.15, -0.1) is 0 Å². The lowest BCUT2D eigenvalue weighted by Gasteiger charge is -2.51. The van der Waals surface area contributed by atoms with Crippen LogP contribution in [0.15, 0.2) is 47.5 Å². The highest BCUT2D eigenvalue weighted by molar-refractivity contribution is 6.32. The number of hydrogen-bond acceptors (Lipinski definition) is 4. The van der Waals surface area contributed by atoms with E-state index in [2.05, 4.69) is 6.07 Å². The van der Waals surface area contributed by atoms with Crippen molar-refractivity contribution in [3.8, 4) is 11.5 Å². The maximum absolute atomic E-state index is 9.88. The Hall–Kier alpha value is -2.30. The average Bonchev–Trinajstić information content (AvgIpc) is 2.98. The zero-order valence-electron chi connectivity index (χ0n) is 25.6. The first-order valence-electron chi connectivity index (χ1n) is 16.2. The zero-order valence-corrected chi connectivity index (χ0v) is 27.1. The van der Waals surface area contributed by atoms with Gasteiger partial charge >= 0.3 is 0 Å². The van der Waals surface area contributed by atoms with Gasteiger partial charge in [-0.2, -0.15) is 0 Å². The second-order valence-corrected chi connectivity index (χ2v) is 14.9. The molecule has 0 amide bonds. The molecule has 6 heteroatoms. The van der Waals surface area contributed by atoms with Crippen molar-refractivity contribution in [2.75, 3.05) is 21.3 Å². The molecule has 0 atom stereocenters. The van der Waals surface area contributed by atoms with Gasteiger partial charge in [-0.25, -0.2) is 0 Å². The number of aromatic hydroxyl groups is 1. The minimum Gasteiger partial charge on any atom is -0.506 e. The first-order valence-corrected chi connectivity index (χ1v) is 17.0. The highest BCUT2D eigenvalue weighted by Gasteiger charge is 2.48. The first kappa shape index (κ1) is 29.4. The van der Waals surface area contributed by atoms with Crippen LogP contribution in [0.5, 0.6) is 11.5 Å². The Labute approximate surface area is 266 Å². The molecule has 2 aromatic rings. The molecule has 8 fully saturated rings. The summed E-state index contributed by atoms with van der Waals surface area (Å²) in [7, 11) is 5.21. The van der Waals surface area contributed by atoms with E-state index in [4.69, 9.17) is 37.4 Å². The molecular weight excluding hydrogens is 579 g/mol. The van der Waals surface area contributed by atoms with Gasteiger partial charge in [-0.1, -0.05) is 23.2 Å². The predicted molar refractivity (Wildman–Crippen MR) is 173 cm³/mol. The quantitative estimate of drug-likeness (QED) is 0.337. The molecule has 43 heavy (non-hydrogen) atoms. The molecule has 8 saturated carbocycles. The fourth-order valence-electron chi connectivity index (χ4n) is 10.4. The standard InChI is InChI=1S/C19H23ClO2.C18H21ClO2/c1-21-17-10-13(3-4-16(17)20)19(22-2)18-14-6-11-5-12(8-14)9-15(18)7-11;1-21-18(12-2-3-15(19)16(20)9-12)17-13-5-10-4-11(7-13)8-14(17)6-10/h3-4,10-12,14-15H,5-9H2,1-2H3;2-3,9-11,13-14,20H,4-8H2,1H3. The van der Waals surface area contributed by atoms with Gasteiger partial charge in [0.15, 0.2) is 0 Å². The van der Waals surface area contributed by atoms with Gasteiger partial charge in [0.05, 0.1) is 31.4 Å². The number of phenols is 1. The Morgan fingerprint density at radius 1 is 0.581 bits per heavy atom. The van der Waals surface area contributed by atoms with Crippen LogP contribution < -0.4 is 4.74 Å². The van der Waals surface area contributed by atoms with Crippen molar-refractivity contribution in [3.63, 3.8) is 0 Å². The monoisotopic (exact) mass is 622 g/mol. The largest absolute Gasteiger partial charge is 0.506 e. The maximum Gasteiger partial charge on any atom is 0.138 e. The second-order valence-electron chi connectivity index (χ2n) is 14.1. The topological polar surface area (TPSA) is 47.9 Å². The molecule has 10 rings (SSSR count). The molecule has 0 heterocycles. The van der Waals surface area contributed by atoms with E-state index in [1.807, 2.05) is 18.2 Å². The molecule has 0 radical (unpaired) electrons. The smallest absolute Gasteiger partial charge is 0.138 e. The van der Waals surface area contributed by atoms with Crippen LogP contribution in [0.3, 0.4) is 0 Å². The van der Waals surface area contributed by atoms with Crippen molar-refractivity contribution in [2.45, 2.75) is 64.2 Å². The van der Waals surface area contributed by atoms with Crippen LogP contribution in [0, 0.1) is 47.3 Å². The molecule has 0 aliphatic heterocycles. The maximum atomic E-state index is 9.88. The van der Waals surface area contributed by atoms with Crippen molar-refractivity contribution in [3.05, 3.63) is 68.7 Å². The van der Waals surface area contributed by atoms with Crippen LogP contribution in [-0.2, 0) is 9.47 Å². The predicted octanol–water partition coefficient (Wildman–Crippen LogP) is 10.0. The third kappa shape index (κ3) is 5.46. The fourth-order valence-corrected chi connectivity index (χ4v) is 10.7. The lowest BCUT2D eigenvalue weighted by Crippen LogP contribution is -2.40. The van der Waals surface area contributed by atoms with Crippen LogP contribution in [0.2, 0.25) is 10.0 Å². The number of methoxy groups -OCH3 is 3. The summed E-state index contributed by atoms with van der Waals surface area (Å²) in [4.78, 5) is 0. The van der Waals surface area contributed by atoms with Gasteiger partial charge in [-0.3, -0.25) is 0 Å². The molecule has 4 nitrogen and oxygen atoms in total. The molecule has 1 N–H and O–H groups in total. The van der Waals surface area contributed by atoms with Crippen molar-refractivity contribution < 1.29 is 19.3 Å². The van der Waals surface area contributed by atoms with E-state index >= 15 is 0 Å². The number of benzene rings is 2. The minimum absolute atomic E-state index is 0.133. The minimum atomic E-state index is 0.133. The van der Waals surface area contributed by atoms with E-state index in [-0.39, 0.29) is 5.75 Å². The summed E-state index contributed by atoms with van der Waals surface area (Å²) in [6.45, 7) is 0. The molecule has 0 aromatic heterocycles. The lowest BCUT2D eigenvalue weighted by atomic mass is 9.54. The molecule has 8 aliphatic carbocycles. The van der Waals surface area contributed by atoms with Gasteiger partial charge in [0.2, 0.25) is 0 Å². The van der Waals surface area contributed by atoms with Gasteiger partial charge < -0.3 is 19.3 Å². The van der Waals surface area contributed by atoms with Crippen LogP contribution in [0.4, 0.5) is 0 Å². The average molecular weight is 624 g/mol. The summed E-state index contributed by atoms with van der Waals surface area (Å²) in [5.74, 6) is 9.55. The molecule has 0 saturated heterocycles. The Balaban J connectivity index is 0.000000140. The van der Waals surface area contributed by atoms with Gasteiger partial charge in [0.25, 0.3) is 0 Å². The van der Waals surface area contributed by atoms with E-state index in [0.29, 0.717) is 21.9 Å². The third-order valence-electron chi connectivity index (χ3n) is 11.6. The SMILES string of the molecule is COC(=C1C2CC3CC(C2)CC1C3)c1ccc(Cl)c(O)c1.COC(=C1C2CC3CC(C2)CC1C3)c1ccc(Cl)c(OC)c1. The summed E-state index contributed by atoms with van der Waals surface area (Å²) in [6.07, 6.45) is 13.7. The Morgan fingerprint density at radius 2 is 0.977 bits per heavy atom. The molecular formula is C37H44Cl2O4. The van der Waals surface area contributed by atoms with E-state index < -0.39 is 0 Å². The van der Waals surface area contributed by atoms with Gasteiger partial charge in [-0.05, 0) is 159 Å². The van der Waals surface area contributed by atoms with E-state index in [1.165, 1.54) is 69.8 Å². The van der Waals surface area contributed by atoms with Crippen molar-refractivity contribution in [2.24, 2.45) is 47.3 Å². The van der Waals surface area contributed by atoms with Crippen molar-refractivity contribution in [1.29, 1.82) is 0 Å². The van der Waals surface area contributed by atoms with E-state index in [1.54, 1.807) is 39.0 Å². The number of rotatable bonds is 5. The summed E-state index contributed by atoms with van der Waals surface area (Å²) in [6, 6.07) is 11.4. The van der Waals surface area contributed by atoms with Crippen LogP contribution in [-0.4, -0.2) is 26.4 Å². The summed E-state index contributed by atoms with van der Waals surface area (Å²) in [5, 5.41) is 10.9. The normalized spacial score (nSPS) is 32.8. The van der Waals surface area contributed by atoms with E-state index in [0.717, 1.165) is 63.9 Å². The fraction of sp³-hybridized carbons (Fsp3) is 0.568. The highest BCUT2D eigenvalue weighted by Crippen LogP contribution is 2.59. The molecule has 2 aromatic carbocycles. The Bertz CT molecular complexity index is 1380. The summed E-state index contributed by atoms with van der Waals surface area (Å²) in [5.41, 5.74) is 5.14. The van der Waals surface area contributed by atoms with Crippen LogP contribution in [0.1, 0.15) is 75.3 Å². The molecule has 0 spiro atoms. The number of halogens is 2. The van der Waals surface area contributed by atoms with E-state index in [9.17, 15) is 5.11 Å². The first-order chi connectivity index (χ1) is 20.8. The molecule has 8 bridgehead atoms. The number of ether oxygens (including phenoxy) is 3. The van der Waals surface area contributed by atoms with Crippen LogP contribution >= 0.6 is 23.2 Å². The zero-order chi connectivity index (χ0) is 29.8. The summed E-state index contributed by atoms with van der Waals surface area (Å²) < 4.78 is 17.0.